The Kier molecular flexibility index (Phi) is 9.28. The number of ether oxygens (including phenoxy) is 2. The molecule has 1 unspecified atom stereocenters. The molecule has 136 valence electrons. The van der Waals surface area contributed by atoms with Crippen LogP contribution in [-0.4, -0.2) is 45.2 Å². The lowest BCUT2D eigenvalue weighted by molar-refractivity contribution is -0.147. The first-order valence-corrected chi connectivity index (χ1v) is 11.4. The Bertz CT molecular complexity index is 520. The summed E-state index contributed by atoms with van der Waals surface area (Å²) < 4.78 is 9.99. The van der Waals surface area contributed by atoms with E-state index in [0.29, 0.717) is 0 Å². The van der Waals surface area contributed by atoms with Gasteiger partial charge in [0.25, 0.3) is 0 Å². The van der Waals surface area contributed by atoms with Gasteiger partial charge in [0.1, 0.15) is 12.6 Å². The second-order valence-electron chi connectivity index (χ2n) is 6.48. The van der Waals surface area contributed by atoms with E-state index in [1.807, 2.05) is 6.08 Å². The van der Waals surface area contributed by atoms with Gasteiger partial charge in [-0.2, -0.15) is 0 Å². The third kappa shape index (κ3) is 8.66. The molecule has 1 amide bonds. The Morgan fingerprint density at radius 3 is 2.17 bits per heavy atom. The Hall–Kier alpha value is -1.89. The summed E-state index contributed by atoms with van der Waals surface area (Å²) in [6.07, 6.45) is 2.10. The number of nitrogens with one attached hydrogen (secondary N) is 1. The van der Waals surface area contributed by atoms with Crippen LogP contribution in [0.2, 0.25) is 19.6 Å². The van der Waals surface area contributed by atoms with Crippen LogP contribution in [0.25, 0.3) is 0 Å². The minimum absolute atomic E-state index is 0.165. The molecule has 7 heteroatoms. The van der Waals surface area contributed by atoms with Gasteiger partial charge < -0.3 is 14.8 Å². The number of allylic oxidation sites excluding steroid dienone is 1. The van der Waals surface area contributed by atoms with Gasteiger partial charge >= 0.3 is 11.9 Å². The number of carbonyl (C=O) groups is 3. The molecule has 0 aliphatic carbocycles. The Balaban J connectivity index is 5.26. The quantitative estimate of drug-likeness (QED) is 0.390. The van der Waals surface area contributed by atoms with E-state index in [-0.39, 0.29) is 31.5 Å². The van der Waals surface area contributed by atoms with Gasteiger partial charge in [-0.1, -0.05) is 37.0 Å². The summed E-state index contributed by atoms with van der Waals surface area (Å²) in [4.78, 5) is 34.3. The molecule has 0 aromatic carbocycles. The molecule has 0 heterocycles. The lowest BCUT2D eigenvalue weighted by Gasteiger charge is -2.26. The number of amides is 1. The van der Waals surface area contributed by atoms with Crippen LogP contribution in [0, 0.1) is 0 Å². The van der Waals surface area contributed by atoms with Gasteiger partial charge in [0.2, 0.25) is 5.91 Å². The third-order valence-electron chi connectivity index (χ3n) is 3.16. The van der Waals surface area contributed by atoms with E-state index < -0.39 is 20.1 Å². The molecular formula is C17H29NO5Si. The van der Waals surface area contributed by atoms with Gasteiger partial charge in [-0.15, -0.1) is 0 Å². The first-order valence-electron chi connectivity index (χ1n) is 7.94. The van der Waals surface area contributed by atoms with Gasteiger partial charge in [0, 0.05) is 20.3 Å². The van der Waals surface area contributed by atoms with Crippen molar-refractivity contribution >= 4 is 25.9 Å². The number of rotatable bonds is 9. The van der Waals surface area contributed by atoms with Crippen molar-refractivity contribution in [3.8, 4) is 0 Å². The Morgan fingerprint density at radius 1 is 1.17 bits per heavy atom. The van der Waals surface area contributed by atoms with Crippen molar-refractivity contribution in [3.05, 3.63) is 23.4 Å². The molecule has 6 nitrogen and oxygen atoms in total. The highest BCUT2D eigenvalue weighted by Gasteiger charge is 2.27. The summed E-state index contributed by atoms with van der Waals surface area (Å²) in [5.41, 5.74) is 0.744. The van der Waals surface area contributed by atoms with Crippen LogP contribution in [0.4, 0.5) is 0 Å². The van der Waals surface area contributed by atoms with Crippen molar-refractivity contribution in [2.75, 3.05) is 13.2 Å². The molecule has 1 atom stereocenters. The number of esters is 2. The van der Waals surface area contributed by atoms with Crippen molar-refractivity contribution in [2.45, 2.75) is 52.9 Å². The second kappa shape index (κ2) is 10.1. The highest BCUT2D eigenvalue weighted by Crippen LogP contribution is 2.25. The molecule has 0 spiro atoms. The van der Waals surface area contributed by atoms with Crippen molar-refractivity contribution < 1.29 is 23.9 Å². The largest absolute Gasteiger partial charge is 0.464 e. The monoisotopic (exact) mass is 355 g/mol. The number of hydrogen-bond donors (Lipinski definition) is 1. The summed E-state index contributed by atoms with van der Waals surface area (Å²) in [5, 5.41) is 3.61. The fraction of sp³-hybridized carbons (Fsp3) is 0.588. The van der Waals surface area contributed by atoms with Crippen LogP contribution < -0.4 is 5.32 Å². The van der Waals surface area contributed by atoms with Crippen LogP contribution in [0.1, 0.15) is 27.2 Å². The van der Waals surface area contributed by atoms with E-state index in [9.17, 15) is 14.4 Å². The van der Waals surface area contributed by atoms with Gasteiger partial charge in [-0.05, 0) is 13.0 Å². The van der Waals surface area contributed by atoms with E-state index in [4.69, 9.17) is 9.47 Å². The first kappa shape index (κ1) is 22.1. The zero-order valence-electron chi connectivity index (χ0n) is 15.5. The van der Waals surface area contributed by atoms with E-state index in [0.717, 1.165) is 10.8 Å². The maximum absolute atomic E-state index is 12.0. The average molecular weight is 356 g/mol. The second-order valence-corrected chi connectivity index (χ2v) is 11.5. The lowest BCUT2D eigenvalue weighted by Crippen LogP contribution is -2.41. The Morgan fingerprint density at radius 2 is 1.75 bits per heavy atom. The fourth-order valence-corrected chi connectivity index (χ4v) is 4.12. The predicted molar refractivity (Wildman–Crippen MR) is 96.1 cm³/mol. The van der Waals surface area contributed by atoms with Crippen LogP contribution in [-0.2, 0) is 23.9 Å². The summed E-state index contributed by atoms with van der Waals surface area (Å²) in [6.45, 7) is 15.3. The molecule has 0 aliphatic rings. The van der Waals surface area contributed by atoms with E-state index >= 15 is 0 Å². The molecule has 0 aromatic rings. The maximum atomic E-state index is 12.0. The molecule has 0 fully saturated rings. The van der Waals surface area contributed by atoms with Crippen molar-refractivity contribution in [1.29, 1.82) is 0 Å². The molecule has 24 heavy (non-hydrogen) atoms. The fourth-order valence-electron chi connectivity index (χ4n) is 2.26. The standard InChI is InChI=1S/C17H29NO5Si/c1-8-22-17(21)15(18-13(3)19)11-12(2)16(24(5,6)7)9-10-23-14(4)20/h9,15H,2,8,10-11H2,1,3-7H3,(H,18,19)/b16-9+. The average Bonchev–Trinajstić information content (AvgIpc) is 2.40. The van der Waals surface area contributed by atoms with Crippen LogP contribution in [0.15, 0.2) is 23.4 Å². The van der Waals surface area contributed by atoms with Crippen LogP contribution >= 0.6 is 0 Å². The summed E-state index contributed by atoms with van der Waals surface area (Å²) in [7, 11) is -1.78. The van der Waals surface area contributed by atoms with Crippen LogP contribution in [0.5, 0.6) is 0 Å². The normalized spacial score (nSPS) is 13.0. The van der Waals surface area contributed by atoms with Gasteiger partial charge in [0.05, 0.1) is 14.7 Å². The van der Waals surface area contributed by atoms with Crippen LogP contribution in [0.3, 0.4) is 0 Å². The third-order valence-corrected chi connectivity index (χ3v) is 5.34. The highest BCUT2D eigenvalue weighted by atomic mass is 28.3. The molecule has 0 bridgehead atoms. The van der Waals surface area contributed by atoms with Gasteiger partial charge in [0.15, 0.2) is 0 Å². The topological polar surface area (TPSA) is 81.7 Å². The first-order chi connectivity index (χ1) is 11.0. The van der Waals surface area contributed by atoms with E-state index in [2.05, 4.69) is 31.5 Å². The zero-order chi connectivity index (χ0) is 18.9. The molecule has 0 saturated carbocycles. The zero-order valence-corrected chi connectivity index (χ0v) is 16.5. The Labute approximate surface area is 145 Å². The number of carbonyl (C=O) groups excluding carboxylic acids is 3. The minimum Gasteiger partial charge on any atom is -0.464 e. The van der Waals surface area contributed by atoms with Gasteiger partial charge in [-0.3, -0.25) is 9.59 Å². The van der Waals surface area contributed by atoms with E-state index in [1.54, 1.807) is 6.92 Å². The molecule has 0 radical (unpaired) electrons. The maximum Gasteiger partial charge on any atom is 0.328 e. The molecule has 0 aliphatic heterocycles. The molecule has 0 rings (SSSR count). The summed E-state index contributed by atoms with van der Waals surface area (Å²) in [6, 6.07) is -0.775. The van der Waals surface area contributed by atoms with Crippen molar-refractivity contribution in [2.24, 2.45) is 0 Å². The molecule has 1 N–H and O–H groups in total. The summed E-state index contributed by atoms with van der Waals surface area (Å²) in [5.74, 6) is -1.14. The minimum atomic E-state index is -1.78. The van der Waals surface area contributed by atoms with Crippen molar-refractivity contribution in [3.63, 3.8) is 0 Å². The number of hydrogen-bond acceptors (Lipinski definition) is 5. The molecular weight excluding hydrogens is 326 g/mol. The highest BCUT2D eigenvalue weighted by molar-refractivity contribution is 6.84. The predicted octanol–water partition coefficient (Wildman–Crippen LogP) is 2.37. The molecule has 0 aromatic heterocycles. The SMILES string of the molecule is C=C(CC(NC(C)=O)C(=O)OCC)/C(=C\COC(C)=O)[Si](C)(C)C. The van der Waals surface area contributed by atoms with Gasteiger partial charge in [-0.25, -0.2) is 4.79 Å². The van der Waals surface area contributed by atoms with E-state index in [1.165, 1.54) is 13.8 Å². The molecule has 0 saturated heterocycles. The summed E-state index contributed by atoms with van der Waals surface area (Å²) >= 11 is 0. The van der Waals surface area contributed by atoms with Crippen molar-refractivity contribution in [1.82, 2.24) is 5.32 Å². The lowest BCUT2D eigenvalue weighted by atomic mass is 10.1. The smallest absolute Gasteiger partial charge is 0.328 e.